The molecule has 1 unspecified atom stereocenters. The Balaban J connectivity index is 3.47. The van der Waals surface area contributed by atoms with Gasteiger partial charge in [-0.2, -0.15) is 0 Å². The molecule has 0 aromatic heterocycles. The molecule has 0 aromatic carbocycles. The summed E-state index contributed by atoms with van der Waals surface area (Å²) in [5, 5.41) is 0. The van der Waals surface area contributed by atoms with Crippen molar-refractivity contribution in [2.75, 3.05) is 0 Å². The van der Waals surface area contributed by atoms with E-state index in [9.17, 15) is 0 Å². The molecule has 0 fully saturated rings. The number of hydrogen-bond acceptors (Lipinski definition) is 1. The van der Waals surface area contributed by atoms with E-state index in [1.54, 1.807) is 0 Å². The van der Waals surface area contributed by atoms with Crippen molar-refractivity contribution in [3.63, 3.8) is 0 Å². The van der Waals surface area contributed by atoms with Crippen LogP contribution in [0.25, 0.3) is 0 Å². The second-order valence-electron chi connectivity index (χ2n) is 3.68. The van der Waals surface area contributed by atoms with E-state index in [2.05, 4.69) is 34.6 Å². The molecule has 0 heterocycles. The third-order valence-electron chi connectivity index (χ3n) is 1.17. The highest BCUT2D eigenvalue weighted by atomic mass is 16.5. The number of rotatable bonds is 3. The first-order chi connectivity index (χ1) is 4.45. The van der Waals surface area contributed by atoms with Crippen LogP contribution < -0.4 is 0 Å². The van der Waals surface area contributed by atoms with Crippen molar-refractivity contribution in [1.29, 1.82) is 0 Å². The molecule has 0 N–H and O–H groups in total. The molecule has 10 heavy (non-hydrogen) atoms. The Morgan fingerprint density at radius 2 is 1.90 bits per heavy atom. The van der Waals surface area contributed by atoms with Crippen LogP contribution in [0.4, 0.5) is 0 Å². The zero-order chi connectivity index (χ0) is 8.20. The molecule has 1 nitrogen and oxygen atoms in total. The summed E-state index contributed by atoms with van der Waals surface area (Å²) in [4.78, 5) is 0. The Bertz CT molecular complexity index is 81.2. The zero-order valence-corrected chi connectivity index (χ0v) is 7.61. The average Bonchev–Trinajstić information content (AvgIpc) is 1.59. The highest BCUT2D eigenvalue weighted by Gasteiger charge is 2.13. The monoisotopic (exact) mass is 143 g/mol. The van der Waals surface area contributed by atoms with E-state index in [0.29, 0.717) is 6.10 Å². The van der Waals surface area contributed by atoms with Gasteiger partial charge in [0.2, 0.25) is 0 Å². The van der Waals surface area contributed by atoms with Gasteiger partial charge in [-0.25, -0.2) is 0 Å². The summed E-state index contributed by atoms with van der Waals surface area (Å²) in [6, 6.07) is 0. The van der Waals surface area contributed by atoms with Gasteiger partial charge in [0.05, 0.1) is 11.7 Å². The zero-order valence-electron chi connectivity index (χ0n) is 7.61. The van der Waals surface area contributed by atoms with Crippen LogP contribution in [0.2, 0.25) is 0 Å². The van der Waals surface area contributed by atoms with Crippen LogP contribution in [0.15, 0.2) is 0 Å². The second-order valence-corrected chi connectivity index (χ2v) is 3.68. The van der Waals surface area contributed by atoms with E-state index in [-0.39, 0.29) is 5.60 Å². The third kappa shape index (κ3) is 6.09. The molecule has 61 valence electrons. The van der Waals surface area contributed by atoms with E-state index in [1.165, 1.54) is 0 Å². The third-order valence-corrected chi connectivity index (χ3v) is 1.17. The fourth-order valence-electron chi connectivity index (χ4n) is 0.950. The first-order valence-corrected chi connectivity index (χ1v) is 3.93. The second kappa shape index (κ2) is 3.97. The predicted octanol–water partition coefficient (Wildman–Crippen LogP) is 2.80. The van der Waals surface area contributed by atoms with E-state index in [4.69, 9.17) is 4.74 Å². The van der Waals surface area contributed by atoms with Crippen molar-refractivity contribution in [2.45, 2.75) is 52.2 Å². The Hall–Kier alpha value is -0.0400. The van der Waals surface area contributed by atoms with Gasteiger partial charge in [-0.05, 0) is 34.1 Å². The minimum atomic E-state index is -0.00537. The van der Waals surface area contributed by atoms with Gasteiger partial charge in [-0.1, -0.05) is 13.3 Å². The minimum Gasteiger partial charge on any atom is -0.373 e. The highest BCUT2D eigenvalue weighted by molar-refractivity contribution is 4.63. The molecule has 0 aliphatic carbocycles. The lowest BCUT2D eigenvalue weighted by molar-refractivity contribution is -0.0537. The Labute approximate surface area is 64.8 Å². The van der Waals surface area contributed by atoms with Crippen molar-refractivity contribution in [1.82, 2.24) is 0 Å². The van der Waals surface area contributed by atoms with Gasteiger partial charge in [-0.3, -0.25) is 0 Å². The van der Waals surface area contributed by atoms with Crippen molar-refractivity contribution >= 4 is 0 Å². The molecular weight excluding hydrogens is 124 g/mol. The van der Waals surface area contributed by atoms with Gasteiger partial charge in [0.15, 0.2) is 0 Å². The summed E-state index contributed by atoms with van der Waals surface area (Å²) < 4.78 is 5.64. The van der Waals surface area contributed by atoms with Gasteiger partial charge < -0.3 is 4.74 Å². The van der Waals surface area contributed by atoms with Crippen LogP contribution in [0.1, 0.15) is 40.5 Å². The van der Waals surface area contributed by atoms with Crippen LogP contribution >= 0.6 is 0 Å². The highest BCUT2D eigenvalue weighted by Crippen LogP contribution is 2.13. The van der Waals surface area contributed by atoms with Crippen molar-refractivity contribution in [3.8, 4) is 0 Å². The maximum Gasteiger partial charge on any atom is 0.0602 e. The van der Waals surface area contributed by atoms with E-state index in [1.807, 2.05) is 0 Å². The average molecular weight is 143 g/mol. The molecule has 0 bridgehead atoms. The standard InChI is InChI=1S/C9H19O/c1-6-7-8(2)10-9(3,4)5/h8H,1,6-7H2,2-5H3. The lowest BCUT2D eigenvalue weighted by Crippen LogP contribution is -2.25. The largest absolute Gasteiger partial charge is 0.373 e. The molecule has 0 saturated carbocycles. The molecule has 0 saturated heterocycles. The molecule has 0 aliphatic heterocycles. The molecule has 1 atom stereocenters. The fraction of sp³-hybridized carbons (Fsp3) is 0.889. The van der Waals surface area contributed by atoms with Crippen LogP contribution in [0.3, 0.4) is 0 Å². The van der Waals surface area contributed by atoms with Gasteiger partial charge in [-0.15, -0.1) is 0 Å². The van der Waals surface area contributed by atoms with Gasteiger partial charge in [0, 0.05) is 0 Å². The molecule has 0 amide bonds. The smallest absolute Gasteiger partial charge is 0.0602 e. The van der Waals surface area contributed by atoms with E-state index >= 15 is 0 Å². The maximum atomic E-state index is 5.64. The summed E-state index contributed by atoms with van der Waals surface area (Å²) in [6.07, 6.45) is 2.35. The molecule has 0 aromatic rings. The number of hydrogen-bond donors (Lipinski definition) is 0. The SMILES string of the molecule is [CH2]CCC(C)OC(C)(C)C. The van der Waals surface area contributed by atoms with Crippen LogP contribution in [-0.2, 0) is 4.74 Å². The van der Waals surface area contributed by atoms with Crippen LogP contribution in [-0.4, -0.2) is 11.7 Å². The maximum absolute atomic E-state index is 5.64. The van der Waals surface area contributed by atoms with Crippen LogP contribution in [0, 0.1) is 6.92 Å². The topological polar surface area (TPSA) is 9.23 Å². The van der Waals surface area contributed by atoms with Gasteiger partial charge in [0.25, 0.3) is 0 Å². The lowest BCUT2D eigenvalue weighted by Gasteiger charge is -2.24. The van der Waals surface area contributed by atoms with Crippen molar-refractivity contribution < 1.29 is 4.74 Å². The van der Waals surface area contributed by atoms with Gasteiger partial charge >= 0.3 is 0 Å². The molecule has 1 heteroatoms. The summed E-state index contributed by atoms with van der Waals surface area (Å²) in [5.74, 6) is 0. The van der Waals surface area contributed by atoms with Crippen LogP contribution in [0.5, 0.6) is 0 Å². The molecule has 0 spiro atoms. The first-order valence-electron chi connectivity index (χ1n) is 3.93. The normalized spacial score (nSPS) is 15.3. The first kappa shape index (κ1) is 9.96. The summed E-state index contributed by atoms with van der Waals surface area (Å²) >= 11 is 0. The molecular formula is C9H19O. The van der Waals surface area contributed by atoms with Crippen molar-refractivity contribution in [2.24, 2.45) is 0 Å². The number of ether oxygens (including phenoxy) is 1. The van der Waals surface area contributed by atoms with Crippen molar-refractivity contribution in [3.05, 3.63) is 6.92 Å². The molecule has 1 radical (unpaired) electrons. The lowest BCUT2D eigenvalue weighted by atomic mass is 10.1. The summed E-state index contributed by atoms with van der Waals surface area (Å²) in [6.45, 7) is 12.1. The fourth-order valence-corrected chi connectivity index (χ4v) is 0.950. The molecule has 0 rings (SSSR count). The quantitative estimate of drug-likeness (QED) is 0.590. The molecule has 0 aliphatic rings. The Morgan fingerprint density at radius 3 is 2.20 bits per heavy atom. The van der Waals surface area contributed by atoms with E-state index < -0.39 is 0 Å². The summed E-state index contributed by atoms with van der Waals surface area (Å²) in [5.41, 5.74) is -0.00537. The Morgan fingerprint density at radius 1 is 1.40 bits per heavy atom. The predicted molar refractivity (Wildman–Crippen MR) is 44.9 cm³/mol. The van der Waals surface area contributed by atoms with E-state index in [0.717, 1.165) is 12.8 Å². The Kier molecular flexibility index (Phi) is 3.95. The van der Waals surface area contributed by atoms with Gasteiger partial charge in [0.1, 0.15) is 0 Å². The summed E-state index contributed by atoms with van der Waals surface area (Å²) in [7, 11) is 0. The minimum absolute atomic E-state index is 0.00537.